The van der Waals surface area contributed by atoms with Crippen LogP contribution in [0, 0.1) is 20.2 Å². The Morgan fingerprint density at radius 1 is 1.18 bits per heavy atom. The summed E-state index contributed by atoms with van der Waals surface area (Å²) in [6.07, 6.45) is -5.05. The first-order valence-electron chi connectivity index (χ1n) is 6.03. The minimum atomic E-state index is -5.05. The first kappa shape index (κ1) is 18.0. The van der Waals surface area contributed by atoms with Crippen LogP contribution in [0.4, 0.5) is 30.2 Å². The van der Waals surface area contributed by atoms with Crippen LogP contribution < -0.4 is 4.90 Å². The molecule has 22 heavy (non-hydrogen) atoms. The van der Waals surface area contributed by atoms with Gasteiger partial charge in [0.05, 0.1) is 15.4 Å². The summed E-state index contributed by atoms with van der Waals surface area (Å²) >= 11 is 5.52. The zero-order valence-electron chi connectivity index (χ0n) is 11.5. The van der Waals surface area contributed by atoms with Crippen molar-refractivity contribution in [2.75, 3.05) is 18.0 Å². The van der Waals surface area contributed by atoms with Gasteiger partial charge in [-0.15, -0.1) is 0 Å². The molecule has 0 aliphatic heterocycles. The summed E-state index contributed by atoms with van der Waals surface area (Å²) in [7, 11) is 0. The summed E-state index contributed by atoms with van der Waals surface area (Å²) in [5.41, 5.74) is -4.26. The van der Waals surface area contributed by atoms with E-state index in [9.17, 15) is 33.4 Å². The van der Waals surface area contributed by atoms with Gasteiger partial charge in [0.25, 0.3) is 5.69 Å². The molecule has 1 aromatic rings. The van der Waals surface area contributed by atoms with E-state index in [1.165, 1.54) is 4.90 Å². The Balaban J connectivity index is 3.93. The molecule has 0 aliphatic carbocycles. The van der Waals surface area contributed by atoms with Gasteiger partial charge in [0, 0.05) is 19.2 Å². The summed E-state index contributed by atoms with van der Waals surface area (Å²) in [4.78, 5) is 21.2. The Labute approximate surface area is 127 Å². The lowest BCUT2D eigenvalue weighted by Gasteiger charge is -2.22. The lowest BCUT2D eigenvalue weighted by atomic mass is 10.1. The molecule has 122 valence electrons. The van der Waals surface area contributed by atoms with Crippen molar-refractivity contribution in [3.63, 3.8) is 0 Å². The fourth-order valence-corrected chi connectivity index (χ4v) is 2.31. The van der Waals surface area contributed by atoms with E-state index >= 15 is 0 Å². The van der Waals surface area contributed by atoms with Gasteiger partial charge >= 0.3 is 11.9 Å². The average molecular weight is 342 g/mol. The van der Waals surface area contributed by atoms with Crippen LogP contribution in [-0.2, 0) is 6.18 Å². The normalized spacial score (nSPS) is 11.4. The topological polar surface area (TPSA) is 89.5 Å². The molecule has 7 nitrogen and oxygen atoms in total. The molecule has 0 heterocycles. The number of hydrogen-bond acceptors (Lipinski definition) is 5. The van der Waals surface area contributed by atoms with E-state index in [1.807, 2.05) is 0 Å². The van der Waals surface area contributed by atoms with Gasteiger partial charge in [0.2, 0.25) is 0 Å². The van der Waals surface area contributed by atoms with E-state index in [2.05, 4.69) is 0 Å². The number of anilines is 1. The Morgan fingerprint density at radius 2 is 1.68 bits per heavy atom. The van der Waals surface area contributed by atoms with Crippen molar-refractivity contribution in [1.82, 2.24) is 0 Å². The molecule has 11 heteroatoms. The van der Waals surface area contributed by atoms with Crippen LogP contribution in [0.3, 0.4) is 0 Å². The van der Waals surface area contributed by atoms with Crippen molar-refractivity contribution >= 4 is 28.7 Å². The molecular formula is C11H11ClF3N3O4. The van der Waals surface area contributed by atoms with Gasteiger partial charge in [0.1, 0.15) is 5.02 Å². The van der Waals surface area contributed by atoms with Gasteiger partial charge in [-0.25, -0.2) is 0 Å². The smallest absolute Gasteiger partial charge is 0.361 e. The first-order chi connectivity index (χ1) is 10.1. The zero-order valence-corrected chi connectivity index (χ0v) is 12.2. The Bertz CT molecular complexity index is 618. The number of hydrogen-bond donors (Lipinski definition) is 0. The maximum Gasteiger partial charge on any atom is 0.418 e. The largest absolute Gasteiger partial charge is 0.418 e. The van der Waals surface area contributed by atoms with Crippen LogP contribution >= 0.6 is 11.6 Å². The van der Waals surface area contributed by atoms with E-state index in [0.717, 1.165) is 0 Å². The van der Waals surface area contributed by atoms with Crippen LogP contribution in [0.2, 0.25) is 5.02 Å². The van der Waals surface area contributed by atoms with Crippen molar-refractivity contribution < 1.29 is 23.0 Å². The Morgan fingerprint density at radius 3 is 2.00 bits per heavy atom. The highest BCUT2D eigenvalue weighted by Gasteiger charge is 2.42. The van der Waals surface area contributed by atoms with Gasteiger partial charge < -0.3 is 4.90 Å². The van der Waals surface area contributed by atoms with Crippen LogP contribution in [0.5, 0.6) is 0 Å². The highest BCUT2D eigenvalue weighted by Crippen LogP contribution is 2.48. The molecule has 0 saturated heterocycles. The minimum Gasteiger partial charge on any atom is -0.361 e. The summed E-state index contributed by atoms with van der Waals surface area (Å²) in [6, 6.07) is 0.225. The maximum absolute atomic E-state index is 12.9. The van der Waals surface area contributed by atoms with Gasteiger partial charge in [-0.2, -0.15) is 13.2 Å². The fourth-order valence-electron chi connectivity index (χ4n) is 1.98. The Kier molecular flexibility index (Phi) is 5.17. The third-order valence-corrected chi connectivity index (χ3v) is 3.34. The number of benzene rings is 1. The highest BCUT2D eigenvalue weighted by atomic mass is 35.5. The number of rotatable bonds is 5. The quantitative estimate of drug-likeness (QED) is 0.596. The van der Waals surface area contributed by atoms with Gasteiger partial charge in [-0.1, -0.05) is 11.6 Å². The first-order valence-corrected chi connectivity index (χ1v) is 6.41. The van der Waals surface area contributed by atoms with Crippen LogP contribution in [0.25, 0.3) is 0 Å². The lowest BCUT2D eigenvalue weighted by Crippen LogP contribution is -2.24. The second-order valence-corrected chi connectivity index (χ2v) is 4.52. The van der Waals surface area contributed by atoms with E-state index < -0.39 is 43.7 Å². The van der Waals surface area contributed by atoms with E-state index in [-0.39, 0.29) is 19.2 Å². The van der Waals surface area contributed by atoms with Crippen LogP contribution in [-0.4, -0.2) is 22.9 Å². The molecule has 0 spiro atoms. The van der Waals surface area contributed by atoms with Crippen molar-refractivity contribution in [3.05, 3.63) is 36.9 Å². The third-order valence-electron chi connectivity index (χ3n) is 2.96. The summed E-state index contributed by atoms with van der Waals surface area (Å²) in [5, 5.41) is 21.0. The molecule has 0 bridgehead atoms. The third kappa shape index (κ3) is 3.21. The molecule has 0 aliphatic rings. The van der Waals surface area contributed by atoms with Crippen molar-refractivity contribution in [3.8, 4) is 0 Å². The van der Waals surface area contributed by atoms with Crippen LogP contribution in [0.1, 0.15) is 19.4 Å². The predicted octanol–water partition coefficient (Wildman–Crippen LogP) is 4.02. The monoisotopic (exact) mass is 341 g/mol. The second kappa shape index (κ2) is 6.34. The molecule has 0 unspecified atom stereocenters. The molecule has 0 aromatic heterocycles. The van der Waals surface area contributed by atoms with Gasteiger partial charge in [-0.05, 0) is 13.8 Å². The lowest BCUT2D eigenvalue weighted by molar-refractivity contribution is -0.393. The van der Waals surface area contributed by atoms with E-state index in [0.29, 0.717) is 0 Å². The van der Waals surface area contributed by atoms with E-state index in [4.69, 9.17) is 11.6 Å². The summed E-state index contributed by atoms with van der Waals surface area (Å²) < 4.78 is 38.7. The van der Waals surface area contributed by atoms with Crippen LogP contribution in [0.15, 0.2) is 6.07 Å². The predicted molar refractivity (Wildman–Crippen MR) is 73.3 cm³/mol. The number of nitrogens with zero attached hydrogens (tertiary/aromatic N) is 3. The number of nitro groups is 2. The van der Waals surface area contributed by atoms with Crippen molar-refractivity contribution in [1.29, 1.82) is 0 Å². The molecule has 0 amide bonds. The SMILES string of the molecule is CCN(CC)c1c([N+](=O)[O-])cc(C(F)(F)F)c(Cl)c1[N+](=O)[O-]. The summed E-state index contributed by atoms with van der Waals surface area (Å²) in [6.45, 7) is 3.37. The van der Waals surface area contributed by atoms with E-state index in [1.54, 1.807) is 13.8 Å². The molecule has 0 N–H and O–H groups in total. The van der Waals surface area contributed by atoms with Gasteiger partial charge in [-0.3, -0.25) is 20.2 Å². The van der Waals surface area contributed by atoms with Crippen molar-refractivity contribution in [2.45, 2.75) is 20.0 Å². The number of halogens is 4. The molecule has 1 aromatic carbocycles. The molecule has 0 atom stereocenters. The Hall–Kier alpha value is -2.10. The maximum atomic E-state index is 12.9. The number of alkyl halides is 3. The standard InChI is InChI=1S/C11H11ClF3N3O4/c1-3-16(4-2)9-7(17(19)20)5-6(11(13,14)15)8(12)10(9)18(21)22/h5H,3-4H2,1-2H3. The minimum absolute atomic E-state index is 0.125. The molecule has 1 rings (SSSR count). The second-order valence-electron chi connectivity index (χ2n) is 4.14. The van der Waals surface area contributed by atoms with Crippen molar-refractivity contribution in [2.24, 2.45) is 0 Å². The zero-order chi connectivity index (χ0) is 17.2. The highest BCUT2D eigenvalue weighted by molar-refractivity contribution is 6.34. The fraction of sp³-hybridized carbons (Fsp3) is 0.455. The molecule has 0 fully saturated rings. The molecule has 0 radical (unpaired) electrons. The molecular weight excluding hydrogens is 331 g/mol. The van der Waals surface area contributed by atoms with Gasteiger partial charge in [0.15, 0.2) is 5.69 Å². The average Bonchev–Trinajstić information content (AvgIpc) is 2.37. The molecule has 0 saturated carbocycles. The number of nitro benzene ring substituents is 2. The summed E-state index contributed by atoms with van der Waals surface area (Å²) in [5.74, 6) is 0.